The second-order valence-corrected chi connectivity index (χ2v) is 5.84. The molecule has 0 aliphatic heterocycles. The van der Waals surface area contributed by atoms with Crippen LogP contribution in [-0.4, -0.2) is 32.1 Å². The number of rotatable bonds is 10. The minimum atomic E-state index is -2.32. The van der Waals surface area contributed by atoms with Gasteiger partial charge in [-0.15, -0.1) is 0 Å². The Kier molecular flexibility index (Phi) is 7.57. The molecule has 0 saturated carbocycles. The monoisotopic (exact) mass is 430 g/mol. The van der Waals surface area contributed by atoms with Crippen LogP contribution in [0.2, 0.25) is 0 Å². The Balaban J connectivity index is 2.46. The van der Waals surface area contributed by atoms with Gasteiger partial charge in [-0.25, -0.2) is 4.74 Å². The van der Waals surface area contributed by atoms with E-state index in [0.717, 1.165) is 0 Å². The fraction of sp³-hybridized carbons (Fsp3) is 0.111. The van der Waals surface area contributed by atoms with E-state index in [-0.39, 0.29) is 11.1 Å². The van der Waals surface area contributed by atoms with Crippen LogP contribution in [0.25, 0.3) is 11.4 Å². The smallest absolute Gasteiger partial charge is 0.262 e. The largest absolute Gasteiger partial charge is 0.347 e. The number of ether oxygens (including phenoxy) is 1. The van der Waals surface area contributed by atoms with Gasteiger partial charge in [0, 0.05) is 0 Å². The number of hydrogen-bond acceptors (Lipinski definition) is 9. The molecule has 0 radical (unpaired) electrons. The Morgan fingerprint density at radius 2 is 0.968 bits per heavy atom. The standard InChI is InChI=1S/C18H14N4O9/c23-19(24)15(13-7-3-1-4-8-13)11-17(21(27)28)31-18(22(29)30)12-16(20(25)26)14-9-5-2-6-10-14/h1-12,17-18H. The van der Waals surface area contributed by atoms with Crippen LogP contribution in [0.3, 0.4) is 0 Å². The maximum Gasteiger partial charge on any atom is 0.347 e. The average Bonchev–Trinajstić information content (AvgIpc) is 2.73. The van der Waals surface area contributed by atoms with E-state index in [1.54, 1.807) is 12.1 Å². The topological polar surface area (TPSA) is 182 Å². The highest BCUT2D eigenvalue weighted by molar-refractivity contribution is 5.59. The van der Waals surface area contributed by atoms with Gasteiger partial charge in [0.2, 0.25) is 0 Å². The van der Waals surface area contributed by atoms with E-state index in [4.69, 9.17) is 4.74 Å². The second-order valence-electron chi connectivity index (χ2n) is 5.84. The molecule has 0 amide bonds. The number of benzene rings is 2. The molecule has 0 aromatic heterocycles. The molecule has 2 rings (SSSR count). The highest BCUT2D eigenvalue weighted by Gasteiger charge is 2.34. The van der Waals surface area contributed by atoms with Crippen LogP contribution in [0, 0.1) is 40.5 Å². The van der Waals surface area contributed by atoms with Crippen LogP contribution in [0.4, 0.5) is 0 Å². The predicted octanol–water partition coefficient (Wildman–Crippen LogP) is 2.84. The van der Waals surface area contributed by atoms with E-state index < -0.39 is 43.5 Å². The lowest BCUT2D eigenvalue weighted by Crippen LogP contribution is -2.32. The van der Waals surface area contributed by atoms with Crippen LogP contribution in [0.15, 0.2) is 72.8 Å². The number of nitro groups is 4. The molecular formula is C18H14N4O9. The highest BCUT2D eigenvalue weighted by Crippen LogP contribution is 2.20. The van der Waals surface area contributed by atoms with Crippen LogP contribution in [-0.2, 0) is 4.74 Å². The number of nitrogens with zero attached hydrogens (tertiary/aromatic N) is 4. The van der Waals surface area contributed by atoms with Crippen molar-refractivity contribution in [1.82, 2.24) is 0 Å². The summed E-state index contributed by atoms with van der Waals surface area (Å²) in [6, 6.07) is 14.2. The Labute approximate surface area is 173 Å². The average molecular weight is 430 g/mol. The molecule has 0 saturated heterocycles. The molecule has 0 fully saturated rings. The molecular weight excluding hydrogens is 416 g/mol. The summed E-state index contributed by atoms with van der Waals surface area (Å²) in [6.45, 7) is 0. The zero-order valence-corrected chi connectivity index (χ0v) is 15.5. The molecule has 0 N–H and O–H groups in total. The summed E-state index contributed by atoms with van der Waals surface area (Å²) in [4.78, 5) is 41.4. The second kappa shape index (κ2) is 10.3. The molecule has 160 valence electrons. The number of hydrogen-bond donors (Lipinski definition) is 0. The van der Waals surface area contributed by atoms with Crippen LogP contribution >= 0.6 is 0 Å². The summed E-state index contributed by atoms with van der Waals surface area (Å²) in [5, 5.41) is 45.5. The summed E-state index contributed by atoms with van der Waals surface area (Å²) < 4.78 is 4.82. The van der Waals surface area contributed by atoms with Crippen LogP contribution in [0.5, 0.6) is 0 Å². The van der Waals surface area contributed by atoms with Crippen molar-refractivity contribution in [2.24, 2.45) is 0 Å². The molecule has 0 heterocycles. The van der Waals surface area contributed by atoms with Gasteiger partial charge in [-0.05, 0) is 24.3 Å². The fourth-order valence-corrected chi connectivity index (χ4v) is 2.46. The summed E-state index contributed by atoms with van der Waals surface area (Å²) >= 11 is 0. The van der Waals surface area contributed by atoms with Crippen molar-refractivity contribution < 1.29 is 24.4 Å². The molecule has 0 aliphatic rings. The minimum Gasteiger partial charge on any atom is -0.262 e. The molecule has 2 atom stereocenters. The molecule has 2 aromatic rings. The zero-order valence-electron chi connectivity index (χ0n) is 15.5. The molecule has 0 bridgehead atoms. The molecule has 0 aliphatic carbocycles. The maximum absolute atomic E-state index is 11.4. The van der Waals surface area contributed by atoms with Gasteiger partial charge in [-0.3, -0.25) is 40.5 Å². The first-order valence-electron chi connectivity index (χ1n) is 8.46. The SMILES string of the molecule is O=[N+]([O-])C(=CC(OC(C=C(c1ccccc1)[N+](=O)[O-])[N+](=O)[O-])[N+](=O)[O-])c1ccccc1. The fourth-order valence-electron chi connectivity index (χ4n) is 2.46. The van der Waals surface area contributed by atoms with Gasteiger partial charge in [0.15, 0.2) is 0 Å². The van der Waals surface area contributed by atoms with E-state index in [0.29, 0.717) is 12.2 Å². The third kappa shape index (κ3) is 6.23. The minimum absolute atomic E-state index is 0.00594. The summed E-state index contributed by atoms with van der Waals surface area (Å²) in [5.74, 6) is 0. The molecule has 13 heteroatoms. The van der Waals surface area contributed by atoms with E-state index in [1.165, 1.54) is 48.5 Å². The molecule has 2 aromatic carbocycles. The van der Waals surface area contributed by atoms with Gasteiger partial charge in [0.25, 0.3) is 11.4 Å². The Morgan fingerprint density at radius 1 is 0.645 bits per heavy atom. The summed E-state index contributed by atoms with van der Waals surface area (Å²) in [6.07, 6.45) is -3.66. The highest BCUT2D eigenvalue weighted by atomic mass is 16.7. The predicted molar refractivity (Wildman–Crippen MR) is 105 cm³/mol. The van der Waals surface area contributed by atoms with E-state index in [9.17, 15) is 40.5 Å². The van der Waals surface area contributed by atoms with Crippen molar-refractivity contribution in [3.8, 4) is 0 Å². The van der Waals surface area contributed by atoms with Crippen molar-refractivity contribution in [2.45, 2.75) is 12.5 Å². The lowest BCUT2D eigenvalue weighted by Gasteiger charge is -2.10. The maximum atomic E-state index is 11.4. The van der Waals surface area contributed by atoms with Crippen molar-refractivity contribution >= 4 is 11.4 Å². The van der Waals surface area contributed by atoms with Gasteiger partial charge in [0.05, 0.1) is 43.0 Å². The Hall–Kier alpha value is -4.52. The summed E-state index contributed by atoms with van der Waals surface area (Å²) in [5.41, 5.74) is -1.42. The molecule has 0 spiro atoms. The third-order valence-electron chi connectivity index (χ3n) is 3.83. The molecule has 31 heavy (non-hydrogen) atoms. The molecule has 2 unspecified atom stereocenters. The third-order valence-corrected chi connectivity index (χ3v) is 3.83. The zero-order chi connectivity index (χ0) is 23.0. The van der Waals surface area contributed by atoms with Gasteiger partial charge < -0.3 is 0 Å². The first kappa shape index (κ1) is 22.8. The first-order valence-corrected chi connectivity index (χ1v) is 8.46. The van der Waals surface area contributed by atoms with E-state index >= 15 is 0 Å². The lowest BCUT2D eigenvalue weighted by molar-refractivity contribution is -0.629. The quantitative estimate of drug-likeness (QED) is 0.311. The van der Waals surface area contributed by atoms with E-state index in [1.807, 2.05) is 0 Å². The normalized spacial score (nSPS) is 13.8. The Bertz CT molecular complexity index is 955. The van der Waals surface area contributed by atoms with Crippen molar-refractivity contribution in [3.63, 3.8) is 0 Å². The van der Waals surface area contributed by atoms with Gasteiger partial charge in [0.1, 0.15) is 0 Å². The van der Waals surface area contributed by atoms with Crippen molar-refractivity contribution in [3.05, 3.63) is 124 Å². The first-order chi connectivity index (χ1) is 14.7. The molecule has 13 nitrogen and oxygen atoms in total. The Morgan fingerprint density at radius 3 is 1.23 bits per heavy atom. The van der Waals surface area contributed by atoms with Crippen molar-refractivity contribution in [2.75, 3.05) is 0 Å². The van der Waals surface area contributed by atoms with Gasteiger partial charge in [-0.2, -0.15) is 0 Å². The van der Waals surface area contributed by atoms with Crippen LogP contribution in [0.1, 0.15) is 11.1 Å². The van der Waals surface area contributed by atoms with Crippen molar-refractivity contribution in [1.29, 1.82) is 0 Å². The van der Waals surface area contributed by atoms with Crippen LogP contribution < -0.4 is 0 Å². The lowest BCUT2D eigenvalue weighted by atomic mass is 10.1. The van der Waals surface area contributed by atoms with Gasteiger partial charge in [-0.1, -0.05) is 36.4 Å². The van der Waals surface area contributed by atoms with Gasteiger partial charge >= 0.3 is 12.5 Å². The summed E-state index contributed by atoms with van der Waals surface area (Å²) in [7, 11) is 0. The van der Waals surface area contributed by atoms with E-state index in [2.05, 4.69) is 0 Å².